The lowest BCUT2D eigenvalue weighted by Gasteiger charge is -2.13. The number of aryl methyl sites for hydroxylation is 2. The molecule has 0 atom stereocenters. The topological polar surface area (TPSA) is 72.2 Å². The van der Waals surface area contributed by atoms with Gasteiger partial charge in [0.1, 0.15) is 0 Å². The molecular formula is C22H21N5OS2. The van der Waals surface area contributed by atoms with E-state index in [1.807, 2.05) is 62.6 Å². The largest absolute Gasteiger partial charge is 0.325 e. The first-order chi connectivity index (χ1) is 14.5. The molecule has 2 aromatic carbocycles. The summed E-state index contributed by atoms with van der Waals surface area (Å²) >= 11 is 3.09. The van der Waals surface area contributed by atoms with E-state index in [-0.39, 0.29) is 12.3 Å². The van der Waals surface area contributed by atoms with Crippen molar-refractivity contribution in [3.63, 3.8) is 0 Å². The summed E-state index contributed by atoms with van der Waals surface area (Å²) in [5.74, 6) is 0.469. The Kier molecular flexibility index (Phi) is 6.06. The minimum absolute atomic E-state index is 0.0892. The number of thioether (sulfide) groups is 1. The van der Waals surface area contributed by atoms with Gasteiger partial charge >= 0.3 is 0 Å². The van der Waals surface area contributed by atoms with Crippen LogP contribution in [0.1, 0.15) is 17.0 Å². The molecule has 0 spiro atoms. The Balaban J connectivity index is 1.56. The Bertz CT molecular complexity index is 1210. The predicted molar refractivity (Wildman–Crippen MR) is 121 cm³/mol. The average molecular weight is 436 g/mol. The van der Waals surface area contributed by atoms with Crippen molar-refractivity contribution in [3.8, 4) is 0 Å². The lowest BCUT2D eigenvalue weighted by Crippen LogP contribution is -2.18. The Morgan fingerprint density at radius 1 is 1.03 bits per heavy atom. The molecule has 0 aliphatic heterocycles. The highest BCUT2D eigenvalue weighted by Gasteiger charge is 2.17. The Morgan fingerprint density at radius 2 is 1.77 bits per heavy atom. The Hall–Kier alpha value is -2.84. The molecule has 4 aromatic rings. The second-order valence-corrected chi connectivity index (χ2v) is 8.60. The van der Waals surface area contributed by atoms with E-state index in [4.69, 9.17) is 0 Å². The number of benzene rings is 2. The van der Waals surface area contributed by atoms with Gasteiger partial charge in [0.05, 0.1) is 12.1 Å². The predicted octanol–water partition coefficient (Wildman–Crippen LogP) is 4.80. The van der Waals surface area contributed by atoms with Gasteiger partial charge in [0.25, 0.3) is 5.78 Å². The first-order valence-corrected chi connectivity index (χ1v) is 11.5. The number of nitrogens with one attached hydrogen (secondary N) is 1. The van der Waals surface area contributed by atoms with Gasteiger partial charge in [-0.2, -0.15) is 4.98 Å². The van der Waals surface area contributed by atoms with Crippen LogP contribution in [0.2, 0.25) is 0 Å². The van der Waals surface area contributed by atoms with Gasteiger partial charge in [0.2, 0.25) is 11.1 Å². The van der Waals surface area contributed by atoms with E-state index in [0.717, 1.165) is 32.4 Å². The van der Waals surface area contributed by atoms with Crippen LogP contribution in [-0.4, -0.2) is 31.7 Å². The van der Waals surface area contributed by atoms with Crippen molar-refractivity contribution in [2.45, 2.75) is 35.2 Å². The van der Waals surface area contributed by atoms with Crippen molar-refractivity contribution < 1.29 is 4.79 Å². The number of rotatable bonds is 6. The summed E-state index contributed by atoms with van der Waals surface area (Å²) in [5.41, 5.74) is 3.34. The maximum atomic E-state index is 12.9. The third kappa shape index (κ3) is 4.34. The van der Waals surface area contributed by atoms with Crippen LogP contribution < -0.4 is 5.32 Å². The summed E-state index contributed by atoms with van der Waals surface area (Å²) in [6.45, 7) is 3.85. The van der Waals surface area contributed by atoms with E-state index in [1.165, 1.54) is 11.8 Å². The van der Waals surface area contributed by atoms with Crippen molar-refractivity contribution in [2.75, 3.05) is 11.6 Å². The maximum absolute atomic E-state index is 12.9. The molecule has 1 amide bonds. The summed E-state index contributed by atoms with van der Waals surface area (Å²) in [6.07, 6.45) is 2.15. The number of carbonyl (C=O) groups is 1. The van der Waals surface area contributed by atoms with Gasteiger partial charge < -0.3 is 5.32 Å². The van der Waals surface area contributed by atoms with Crippen LogP contribution in [0.5, 0.6) is 0 Å². The van der Waals surface area contributed by atoms with Crippen LogP contribution in [0, 0.1) is 13.8 Å². The summed E-state index contributed by atoms with van der Waals surface area (Å²) < 4.78 is 1.71. The molecule has 0 unspecified atom stereocenters. The number of carbonyl (C=O) groups excluding carboxylic acids is 1. The lowest BCUT2D eigenvalue weighted by molar-refractivity contribution is -0.115. The molecule has 0 radical (unpaired) electrons. The molecule has 30 heavy (non-hydrogen) atoms. The maximum Gasteiger partial charge on any atom is 0.253 e. The van der Waals surface area contributed by atoms with Crippen molar-refractivity contribution in [2.24, 2.45) is 0 Å². The highest BCUT2D eigenvalue weighted by molar-refractivity contribution is 7.99. The SMILES string of the molecule is CSc1nc2nc(C)c(CC(=O)Nc3ccccc3Sc3ccccc3)c(C)n2n1. The fourth-order valence-corrected chi connectivity index (χ4v) is 4.42. The molecule has 2 heterocycles. The zero-order valence-corrected chi connectivity index (χ0v) is 18.5. The summed E-state index contributed by atoms with van der Waals surface area (Å²) in [4.78, 5) is 23.9. The number of fused-ring (bicyclic) bond motifs is 1. The van der Waals surface area contributed by atoms with Gasteiger partial charge in [-0.05, 0) is 44.4 Å². The molecule has 0 saturated heterocycles. The molecule has 1 N–H and O–H groups in total. The quantitative estimate of drug-likeness (QED) is 0.439. The van der Waals surface area contributed by atoms with Gasteiger partial charge in [-0.15, -0.1) is 5.10 Å². The van der Waals surface area contributed by atoms with Crippen LogP contribution in [0.25, 0.3) is 5.78 Å². The number of hydrogen-bond donors (Lipinski definition) is 1. The molecular weight excluding hydrogens is 414 g/mol. The average Bonchev–Trinajstić information content (AvgIpc) is 3.16. The van der Waals surface area contributed by atoms with Crippen LogP contribution in [0.4, 0.5) is 5.69 Å². The fourth-order valence-electron chi connectivity index (χ4n) is 3.16. The number of anilines is 1. The third-order valence-corrected chi connectivity index (χ3v) is 6.30. The fraction of sp³-hybridized carbons (Fsp3) is 0.182. The third-order valence-electron chi connectivity index (χ3n) is 4.68. The molecule has 0 saturated carbocycles. The summed E-state index contributed by atoms with van der Waals surface area (Å²) in [5, 5.41) is 8.18. The minimum Gasteiger partial charge on any atom is -0.325 e. The van der Waals surface area contributed by atoms with Gasteiger partial charge in [-0.3, -0.25) is 4.79 Å². The minimum atomic E-state index is -0.0892. The van der Waals surface area contributed by atoms with Crippen molar-refractivity contribution >= 4 is 40.9 Å². The molecule has 0 aliphatic carbocycles. The molecule has 0 fully saturated rings. The molecule has 0 aliphatic rings. The highest BCUT2D eigenvalue weighted by atomic mass is 32.2. The van der Waals surface area contributed by atoms with E-state index >= 15 is 0 Å². The number of para-hydroxylation sites is 1. The zero-order valence-electron chi connectivity index (χ0n) is 16.9. The van der Waals surface area contributed by atoms with E-state index in [0.29, 0.717) is 10.9 Å². The number of nitrogens with zero attached hydrogens (tertiary/aromatic N) is 4. The summed E-state index contributed by atoms with van der Waals surface area (Å²) in [7, 11) is 0. The number of amides is 1. The van der Waals surface area contributed by atoms with Crippen LogP contribution >= 0.6 is 23.5 Å². The first-order valence-electron chi connectivity index (χ1n) is 9.44. The molecule has 6 nitrogen and oxygen atoms in total. The van der Waals surface area contributed by atoms with E-state index in [9.17, 15) is 4.79 Å². The first kappa shape index (κ1) is 20.4. The molecule has 152 valence electrons. The van der Waals surface area contributed by atoms with E-state index in [2.05, 4.69) is 32.5 Å². The smallest absolute Gasteiger partial charge is 0.253 e. The lowest BCUT2D eigenvalue weighted by atomic mass is 10.1. The van der Waals surface area contributed by atoms with E-state index < -0.39 is 0 Å². The molecule has 2 aromatic heterocycles. The monoisotopic (exact) mass is 435 g/mol. The molecule has 4 rings (SSSR count). The second kappa shape index (κ2) is 8.89. The number of hydrogen-bond acceptors (Lipinski definition) is 6. The number of aromatic nitrogens is 4. The molecule has 8 heteroatoms. The van der Waals surface area contributed by atoms with Crippen molar-refractivity contribution in [3.05, 3.63) is 71.5 Å². The Morgan fingerprint density at radius 3 is 2.53 bits per heavy atom. The van der Waals surface area contributed by atoms with Crippen molar-refractivity contribution in [1.82, 2.24) is 19.6 Å². The normalized spacial score (nSPS) is 11.0. The van der Waals surface area contributed by atoms with Crippen LogP contribution in [0.3, 0.4) is 0 Å². The van der Waals surface area contributed by atoms with Crippen molar-refractivity contribution in [1.29, 1.82) is 0 Å². The standard InChI is InChI=1S/C22H21N5OS2/c1-14-17(15(2)27-21(23-14)25-22(26-27)29-3)13-20(28)24-18-11-7-8-12-19(18)30-16-9-5-4-6-10-16/h4-12H,13H2,1-3H3,(H,24,28). The highest BCUT2D eigenvalue weighted by Crippen LogP contribution is 2.33. The summed E-state index contributed by atoms with van der Waals surface area (Å²) in [6, 6.07) is 17.9. The molecule has 0 bridgehead atoms. The van der Waals surface area contributed by atoms with Crippen LogP contribution in [-0.2, 0) is 11.2 Å². The van der Waals surface area contributed by atoms with Gasteiger partial charge in [-0.25, -0.2) is 9.50 Å². The van der Waals surface area contributed by atoms with Gasteiger partial charge in [0.15, 0.2) is 0 Å². The van der Waals surface area contributed by atoms with Crippen LogP contribution in [0.15, 0.2) is 69.5 Å². The van der Waals surface area contributed by atoms with Gasteiger partial charge in [-0.1, -0.05) is 53.9 Å². The van der Waals surface area contributed by atoms with E-state index in [1.54, 1.807) is 16.3 Å². The Labute approximate surface area is 183 Å². The zero-order chi connectivity index (χ0) is 21.1. The van der Waals surface area contributed by atoms with Gasteiger partial charge in [0, 0.05) is 26.7 Å². The second-order valence-electron chi connectivity index (χ2n) is 6.71.